The summed E-state index contributed by atoms with van der Waals surface area (Å²) in [6.45, 7) is 8.29. The number of aliphatic imine (C=N–C) groups is 1. The third-order valence-electron chi connectivity index (χ3n) is 5.03. The zero-order valence-electron chi connectivity index (χ0n) is 16.7. The highest BCUT2D eigenvalue weighted by Gasteiger charge is 2.23. The molecular formula is C21H31N5S. The van der Waals surface area contributed by atoms with Gasteiger partial charge >= 0.3 is 0 Å². The first-order valence-corrected chi connectivity index (χ1v) is 10.6. The Morgan fingerprint density at radius 2 is 1.93 bits per heavy atom. The summed E-state index contributed by atoms with van der Waals surface area (Å²) in [6, 6.07) is 9.33. The molecule has 1 unspecified atom stereocenters. The van der Waals surface area contributed by atoms with Crippen molar-refractivity contribution in [2.24, 2.45) is 4.99 Å². The van der Waals surface area contributed by atoms with Crippen LogP contribution >= 0.6 is 11.3 Å². The molecule has 0 radical (unpaired) electrons. The van der Waals surface area contributed by atoms with Crippen molar-refractivity contribution in [1.29, 1.82) is 0 Å². The predicted molar refractivity (Wildman–Crippen MR) is 115 cm³/mol. The fraction of sp³-hybridized carbons (Fsp3) is 0.524. The number of hydrogen-bond donors (Lipinski definition) is 2. The molecule has 146 valence electrons. The number of nitrogens with zero attached hydrogens (tertiary/aromatic N) is 3. The smallest absolute Gasteiger partial charge is 0.191 e. The lowest BCUT2D eigenvalue weighted by molar-refractivity contribution is 0.245. The summed E-state index contributed by atoms with van der Waals surface area (Å²) >= 11 is 1.76. The maximum atomic E-state index is 4.42. The Morgan fingerprint density at radius 1 is 1.19 bits per heavy atom. The van der Waals surface area contributed by atoms with Gasteiger partial charge in [-0.05, 0) is 45.3 Å². The molecule has 3 rings (SSSR count). The molecule has 6 heteroatoms. The van der Waals surface area contributed by atoms with Gasteiger partial charge in [0.25, 0.3) is 0 Å². The van der Waals surface area contributed by atoms with Crippen LogP contribution in [0.4, 0.5) is 0 Å². The fourth-order valence-electron chi connectivity index (χ4n) is 3.52. The van der Waals surface area contributed by atoms with E-state index in [1.165, 1.54) is 46.9 Å². The first-order chi connectivity index (χ1) is 13.2. The summed E-state index contributed by atoms with van der Waals surface area (Å²) in [4.78, 5) is 12.7. The molecule has 0 spiro atoms. The van der Waals surface area contributed by atoms with E-state index in [-0.39, 0.29) is 0 Å². The molecule has 2 heterocycles. The van der Waals surface area contributed by atoms with E-state index in [9.17, 15) is 0 Å². The molecule has 1 saturated heterocycles. The van der Waals surface area contributed by atoms with Gasteiger partial charge in [0.05, 0.1) is 11.0 Å². The van der Waals surface area contributed by atoms with Crippen molar-refractivity contribution in [3.63, 3.8) is 0 Å². The van der Waals surface area contributed by atoms with Crippen molar-refractivity contribution >= 4 is 17.3 Å². The Morgan fingerprint density at radius 3 is 2.56 bits per heavy atom. The summed E-state index contributed by atoms with van der Waals surface area (Å²) in [7, 11) is 1.83. The molecule has 0 amide bonds. The van der Waals surface area contributed by atoms with Crippen LogP contribution in [0.25, 0.3) is 0 Å². The highest BCUT2D eigenvalue weighted by molar-refractivity contribution is 7.11. The van der Waals surface area contributed by atoms with Gasteiger partial charge in [-0.1, -0.05) is 29.8 Å². The van der Waals surface area contributed by atoms with Crippen molar-refractivity contribution in [2.45, 2.75) is 39.2 Å². The van der Waals surface area contributed by atoms with Crippen LogP contribution in [0.2, 0.25) is 0 Å². The number of benzene rings is 1. The Kier molecular flexibility index (Phi) is 7.24. The lowest BCUT2D eigenvalue weighted by Crippen LogP contribution is -2.43. The van der Waals surface area contributed by atoms with Crippen LogP contribution in [-0.4, -0.2) is 49.1 Å². The molecule has 27 heavy (non-hydrogen) atoms. The van der Waals surface area contributed by atoms with Gasteiger partial charge in [0.1, 0.15) is 0 Å². The summed E-state index contributed by atoms with van der Waals surface area (Å²) in [5.41, 5.74) is 2.69. The van der Waals surface area contributed by atoms with Crippen LogP contribution in [0.5, 0.6) is 0 Å². The summed E-state index contributed by atoms with van der Waals surface area (Å²) < 4.78 is 0. The largest absolute Gasteiger partial charge is 0.356 e. The highest BCUT2D eigenvalue weighted by Crippen LogP contribution is 2.24. The first-order valence-electron chi connectivity index (χ1n) is 9.82. The standard InChI is InChI=1S/C21H31N5S/c1-16-6-8-18(9-7-16)19(26-12-4-5-13-26)15-25-21(22-3)23-11-10-20-24-14-17(2)27-20/h6-9,14,19H,4-5,10-13,15H2,1-3H3,(H2,22,23,25). The molecule has 1 atom stereocenters. The van der Waals surface area contributed by atoms with Gasteiger partial charge in [-0.2, -0.15) is 0 Å². The Balaban J connectivity index is 1.55. The highest BCUT2D eigenvalue weighted by atomic mass is 32.1. The second kappa shape index (κ2) is 9.85. The lowest BCUT2D eigenvalue weighted by Gasteiger charge is -2.29. The molecule has 0 saturated carbocycles. The maximum Gasteiger partial charge on any atom is 0.191 e. The summed E-state index contributed by atoms with van der Waals surface area (Å²) in [6.07, 6.45) is 5.45. The van der Waals surface area contributed by atoms with E-state index >= 15 is 0 Å². The van der Waals surface area contributed by atoms with Gasteiger partial charge in [0, 0.05) is 37.6 Å². The first kappa shape index (κ1) is 19.8. The van der Waals surface area contributed by atoms with Crippen molar-refractivity contribution in [2.75, 3.05) is 33.2 Å². The normalized spacial score (nSPS) is 16.5. The molecule has 1 aromatic carbocycles. The van der Waals surface area contributed by atoms with Crippen LogP contribution in [0.3, 0.4) is 0 Å². The average Bonchev–Trinajstić information content (AvgIpc) is 3.34. The third kappa shape index (κ3) is 5.78. The van der Waals surface area contributed by atoms with Crippen molar-refractivity contribution in [3.8, 4) is 0 Å². The van der Waals surface area contributed by atoms with E-state index < -0.39 is 0 Å². The number of likely N-dealkylation sites (tertiary alicyclic amines) is 1. The van der Waals surface area contributed by atoms with Crippen molar-refractivity contribution in [1.82, 2.24) is 20.5 Å². The van der Waals surface area contributed by atoms with E-state index in [1.807, 2.05) is 13.2 Å². The Bertz CT molecular complexity index is 731. The predicted octanol–water partition coefficient (Wildman–Crippen LogP) is 3.30. The molecule has 1 aliphatic heterocycles. The third-order valence-corrected chi connectivity index (χ3v) is 6.00. The lowest BCUT2D eigenvalue weighted by atomic mass is 10.0. The summed E-state index contributed by atoms with van der Waals surface area (Å²) in [5, 5.41) is 8.12. The second-order valence-electron chi connectivity index (χ2n) is 7.16. The Labute approximate surface area is 166 Å². The van der Waals surface area contributed by atoms with Crippen LogP contribution < -0.4 is 10.6 Å². The molecule has 0 aliphatic carbocycles. The quantitative estimate of drug-likeness (QED) is 0.567. The molecule has 1 aliphatic rings. The molecule has 2 aromatic rings. The monoisotopic (exact) mass is 385 g/mol. The van der Waals surface area contributed by atoms with Gasteiger partial charge in [0.2, 0.25) is 0 Å². The fourth-order valence-corrected chi connectivity index (χ4v) is 4.31. The number of rotatable bonds is 7. The zero-order chi connectivity index (χ0) is 19.1. The van der Waals surface area contributed by atoms with Crippen LogP contribution in [0.1, 0.15) is 39.9 Å². The van der Waals surface area contributed by atoms with E-state index in [4.69, 9.17) is 0 Å². The minimum atomic E-state index is 0.383. The van der Waals surface area contributed by atoms with Crippen LogP contribution in [0.15, 0.2) is 35.5 Å². The van der Waals surface area contributed by atoms with E-state index in [2.05, 4.69) is 63.6 Å². The molecule has 2 N–H and O–H groups in total. The SMILES string of the molecule is CN=C(NCCc1ncc(C)s1)NCC(c1ccc(C)cc1)N1CCCC1. The van der Waals surface area contributed by atoms with Gasteiger partial charge < -0.3 is 10.6 Å². The van der Waals surface area contributed by atoms with E-state index in [0.29, 0.717) is 6.04 Å². The number of guanidine groups is 1. The van der Waals surface area contributed by atoms with Gasteiger partial charge in [0.15, 0.2) is 5.96 Å². The molecule has 5 nitrogen and oxygen atoms in total. The van der Waals surface area contributed by atoms with Gasteiger partial charge in [-0.15, -0.1) is 11.3 Å². The number of nitrogens with one attached hydrogen (secondary N) is 2. The second-order valence-corrected chi connectivity index (χ2v) is 8.48. The van der Waals surface area contributed by atoms with Gasteiger partial charge in [-0.3, -0.25) is 9.89 Å². The summed E-state index contributed by atoms with van der Waals surface area (Å²) in [5.74, 6) is 0.861. The Hall–Kier alpha value is -1.92. The van der Waals surface area contributed by atoms with Crippen molar-refractivity contribution in [3.05, 3.63) is 51.5 Å². The van der Waals surface area contributed by atoms with E-state index in [1.54, 1.807) is 11.3 Å². The molecule has 0 bridgehead atoms. The number of hydrogen-bond acceptors (Lipinski definition) is 4. The average molecular weight is 386 g/mol. The van der Waals surface area contributed by atoms with Crippen LogP contribution in [-0.2, 0) is 6.42 Å². The number of aryl methyl sites for hydroxylation is 2. The van der Waals surface area contributed by atoms with Gasteiger partial charge in [-0.25, -0.2) is 4.98 Å². The minimum Gasteiger partial charge on any atom is -0.356 e. The molecule has 1 fully saturated rings. The minimum absolute atomic E-state index is 0.383. The topological polar surface area (TPSA) is 52.6 Å². The maximum absolute atomic E-state index is 4.42. The number of thiazole rings is 1. The molecule has 1 aromatic heterocycles. The van der Waals surface area contributed by atoms with E-state index in [0.717, 1.165) is 25.5 Å². The van der Waals surface area contributed by atoms with Crippen molar-refractivity contribution < 1.29 is 0 Å². The number of aromatic nitrogens is 1. The molecular weight excluding hydrogens is 354 g/mol. The van der Waals surface area contributed by atoms with Crippen LogP contribution in [0, 0.1) is 13.8 Å². The zero-order valence-corrected chi connectivity index (χ0v) is 17.5.